The molecule has 138 valence electrons. The van der Waals surface area contributed by atoms with Crippen LogP contribution < -0.4 is 0 Å². The lowest BCUT2D eigenvalue weighted by atomic mass is 9.81. The van der Waals surface area contributed by atoms with Crippen LogP contribution in [0.25, 0.3) is 0 Å². The van der Waals surface area contributed by atoms with E-state index < -0.39 is 53.7 Å². The van der Waals surface area contributed by atoms with Crippen LogP contribution in [-0.4, -0.2) is 29.7 Å². The van der Waals surface area contributed by atoms with E-state index >= 15 is 0 Å². The summed E-state index contributed by atoms with van der Waals surface area (Å²) in [7, 11) is 0. The number of aromatic nitrogens is 1. The molecule has 1 aliphatic rings. The first kappa shape index (κ1) is 19.3. The highest BCUT2D eigenvalue weighted by Crippen LogP contribution is 2.43. The molecule has 0 radical (unpaired) electrons. The summed E-state index contributed by atoms with van der Waals surface area (Å²) in [6.07, 6.45) is -16.4. The Hall–Kier alpha value is -2.07. The van der Waals surface area contributed by atoms with Gasteiger partial charge in [0.15, 0.2) is 0 Å². The van der Waals surface area contributed by atoms with Gasteiger partial charge < -0.3 is 0 Å². The summed E-state index contributed by atoms with van der Waals surface area (Å²) in [5, 5.41) is 0. The van der Waals surface area contributed by atoms with E-state index in [0.717, 1.165) is 6.20 Å². The number of hydrogen-bond acceptors (Lipinski definition) is 2. The van der Waals surface area contributed by atoms with Gasteiger partial charge >= 0.3 is 18.5 Å². The quantitative estimate of drug-likeness (QED) is 0.703. The Balaban J connectivity index is 2.60. The Bertz CT molecular complexity index is 649. The molecule has 1 aromatic heterocycles. The maximum absolute atomic E-state index is 13.4. The molecule has 11 heteroatoms. The first-order valence-corrected chi connectivity index (χ1v) is 6.64. The number of nitrogens with zero attached hydrogens (tertiary/aromatic N) is 2. The van der Waals surface area contributed by atoms with Gasteiger partial charge in [-0.1, -0.05) is 0 Å². The molecule has 0 N–H and O–H groups in total. The summed E-state index contributed by atoms with van der Waals surface area (Å²) in [5.41, 5.74) is -5.55. The van der Waals surface area contributed by atoms with E-state index in [1.54, 1.807) is 0 Å². The summed E-state index contributed by atoms with van der Waals surface area (Å²) in [6, 6.07) is 1.01. The Labute approximate surface area is 135 Å². The predicted molar refractivity (Wildman–Crippen MR) is 69.1 cm³/mol. The van der Waals surface area contributed by atoms with E-state index in [-0.39, 0.29) is 0 Å². The zero-order valence-corrected chi connectivity index (χ0v) is 12.1. The van der Waals surface area contributed by atoms with Crippen LogP contribution in [0.15, 0.2) is 29.4 Å². The van der Waals surface area contributed by atoms with Gasteiger partial charge in [0.25, 0.3) is 0 Å². The van der Waals surface area contributed by atoms with Crippen LogP contribution in [0.5, 0.6) is 0 Å². The predicted octanol–water partition coefficient (Wildman–Crippen LogP) is 4.69. The molecule has 1 unspecified atom stereocenters. The van der Waals surface area contributed by atoms with Gasteiger partial charge in [0, 0.05) is 12.4 Å². The van der Waals surface area contributed by atoms with Crippen molar-refractivity contribution in [1.29, 1.82) is 0 Å². The third kappa shape index (κ3) is 4.51. The molecule has 0 saturated carbocycles. The molecule has 1 aromatic rings. The molecule has 2 heterocycles. The average Bonchev–Trinajstić information content (AvgIpc) is 2.83. The van der Waals surface area contributed by atoms with Gasteiger partial charge in [-0.2, -0.15) is 39.5 Å². The van der Waals surface area contributed by atoms with Crippen molar-refractivity contribution in [2.75, 3.05) is 0 Å². The van der Waals surface area contributed by atoms with Crippen LogP contribution in [0.2, 0.25) is 0 Å². The number of aliphatic imine (C=N–C) groups is 1. The summed E-state index contributed by atoms with van der Waals surface area (Å²) >= 11 is 0. The van der Waals surface area contributed by atoms with Crippen molar-refractivity contribution in [3.05, 3.63) is 41.4 Å². The molecular weight excluding hydrogens is 367 g/mol. The molecular formula is C14H9F9N2. The van der Waals surface area contributed by atoms with Crippen LogP contribution in [0.3, 0.4) is 0 Å². The summed E-state index contributed by atoms with van der Waals surface area (Å²) < 4.78 is 115. The van der Waals surface area contributed by atoms with Gasteiger partial charge in [0.1, 0.15) is 5.41 Å². The Morgan fingerprint density at radius 2 is 1.28 bits per heavy atom. The lowest BCUT2D eigenvalue weighted by molar-refractivity contribution is -0.154. The van der Waals surface area contributed by atoms with Crippen LogP contribution in [0.1, 0.15) is 17.0 Å². The maximum atomic E-state index is 13.4. The van der Waals surface area contributed by atoms with Crippen molar-refractivity contribution in [1.82, 2.24) is 4.98 Å². The average molecular weight is 376 g/mol. The Morgan fingerprint density at radius 3 is 1.60 bits per heavy atom. The Kier molecular flexibility index (Phi) is 4.64. The first-order chi connectivity index (χ1) is 11.2. The second-order valence-corrected chi connectivity index (χ2v) is 5.38. The summed E-state index contributed by atoms with van der Waals surface area (Å²) in [4.78, 5) is 6.51. The molecule has 1 aliphatic heterocycles. The van der Waals surface area contributed by atoms with Crippen molar-refractivity contribution in [3.63, 3.8) is 0 Å². The molecule has 0 aliphatic carbocycles. The second-order valence-electron chi connectivity index (χ2n) is 5.38. The zero-order valence-electron chi connectivity index (χ0n) is 12.1. The van der Waals surface area contributed by atoms with Gasteiger partial charge in [-0.3, -0.25) is 9.98 Å². The van der Waals surface area contributed by atoms with Crippen molar-refractivity contribution >= 4 is 6.21 Å². The fourth-order valence-corrected chi connectivity index (χ4v) is 2.35. The molecule has 1 atom stereocenters. The molecule has 2 nitrogen and oxygen atoms in total. The van der Waals surface area contributed by atoms with Gasteiger partial charge in [-0.25, -0.2) is 0 Å². The molecule has 0 saturated heterocycles. The van der Waals surface area contributed by atoms with Gasteiger partial charge in [0.2, 0.25) is 0 Å². The van der Waals surface area contributed by atoms with Crippen LogP contribution in [0.4, 0.5) is 39.5 Å². The van der Waals surface area contributed by atoms with Gasteiger partial charge in [-0.05, 0) is 23.8 Å². The normalized spacial score (nSPS) is 21.2. The fourth-order valence-electron chi connectivity index (χ4n) is 2.35. The van der Waals surface area contributed by atoms with Crippen molar-refractivity contribution in [2.24, 2.45) is 4.99 Å². The minimum atomic E-state index is -5.00. The zero-order chi connectivity index (χ0) is 19.1. The minimum Gasteiger partial charge on any atom is -0.268 e. The van der Waals surface area contributed by atoms with Gasteiger partial charge in [0.05, 0.1) is 24.2 Å². The number of halogens is 9. The van der Waals surface area contributed by atoms with E-state index in [1.807, 2.05) is 0 Å². The van der Waals surface area contributed by atoms with E-state index in [4.69, 9.17) is 0 Å². The molecule has 0 fully saturated rings. The maximum Gasteiger partial charge on any atom is 0.406 e. The van der Waals surface area contributed by atoms with Crippen LogP contribution >= 0.6 is 0 Å². The van der Waals surface area contributed by atoms with E-state index in [2.05, 4.69) is 9.98 Å². The van der Waals surface area contributed by atoms with Crippen LogP contribution in [0, 0.1) is 0 Å². The molecule has 25 heavy (non-hydrogen) atoms. The molecule has 0 amide bonds. The number of alkyl halides is 9. The Morgan fingerprint density at radius 1 is 0.800 bits per heavy atom. The lowest BCUT2D eigenvalue weighted by Gasteiger charge is -2.28. The van der Waals surface area contributed by atoms with Gasteiger partial charge in [-0.15, -0.1) is 0 Å². The highest BCUT2D eigenvalue weighted by molar-refractivity contribution is 5.81. The SMILES string of the molecule is FC(F)(F)Cc1cc(C2(C(F)(F)F)C=CN=C2)cc(CC(F)(F)F)n1. The van der Waals surface area contributed by atoms with Crippen LogP contribution in [-0.2, 0) is 18.3 Å². The van der Waals surface area contributed by atoms with Crippen molar-refractivity contribution in [3.8, 4) is 0 Å². The highest BCUT2D eigenvalue weighted by atomic mass is 19.4. The largest absolute Gasteiger partial charge is 0.406 e. The summed E-state index contributed by atoms with van der Waals surface area (Å²) in [6.45, 7) is 0. The molecule has 0 spiro atoms. The van der Waals surface area contributed by atoms with E-state index in [0.29, 0.717) is 24.4 Å². The first-order valence-electron chi connectivity index (χ1n) is 6.64. The van der Waals surface area contributed by atoms with Crippen molar-refractivity contribution < 1.29 is 39.5 Å². The van der Waals surface area contributed by atoms with E-state index in [1.165, 1.54) is 0 Å². The number of hydrogen-bond donors (Lipinski definition) is 0. The fraction of sp³-hybridized carbons (Fsp3) is 0.429. The van der Waals surface area contributed by atoms with Crippen molar-refractivity contribution in [2.45, 2.75) is 36.8 Å². The standard InChI is InChI=1S/C14H9F9N2/c15-12(16,17)5-9-3-8(4-10(25-9)6-13(18,19)20)11(14(21,22)23)1-2-24-7-11/h1-4,7H,5-6H2. The number of allylic oxidation sites excluding steroid dienone is 1. The second kappa shape index (κ2) is 6.03. The third-order valence-electron chi connectivity index (χ3n) is 3.34. The summed E-state index contributed by atoms with van der Waals surface area (Å²) in [5.74, 6) is 0. The molecule has 0 aromatic carbocycles. The van der Waals surface area contributed by atoms with E-state index in [9.17, 15) is 39.5 Å². The molecule has 0 bridgehead atoms. The highest BCUT2D eigenvalue weighted by Gasteiger charge is 2.55. The number of pyridine rings is 1. The third-order valence-corrected chi connectivity index (χ3v) is 3.34. The lowest BCUT2D eigenvalue weighted by Crippen LogP contribution is -2.41. The molecule has 2 rings (SSSR count). The monoisotopic (exact) mass is 376 g/mol. The smallest absolute Gasteiger partial charge is 0.268 e. The minimum absolute atomic E-state index is 0.428. The topological polar surface area (TPSA) is 25.2 Å². The number of rotatable bonds is 3.